The Morgan fingerprint density at radius 1 is 1.26 bits per heavy atom. The summed E-state index contributed by atoms with van der Waals surface area (Å²) in [5, 5.41) is 11.9. The van der Waals surface area contributed by atoms with Crippen LogP contribution in [-0.4, -0.2) is 23.0 Å². The van der Waals surface area contributed by atoms with Crippen molar-refractivity contribution in [2.24, 2.45) is 0 Å². The summed E-state index contributed by atoms with van der Waals surface area (Å²) < 4.78 is 0. The third-order valence-corrected chi connectivity index (χ3v) is 4.14. The van der Waals surface area contributed by atoms with Gasteiger partial charge in [0.25, 0.3) is 0 Å². The molecule has 1 aromatic rings. The highest BCUT2D eigenvalue weighted by molar-refractivity contribution is 5.77. The van der Waals surface area contributed by atoms with Crippen LogP contribution in [0.1, 0.15) is 36.8 Å². The average molecular weight is 255 g/mol. The van der Waals surface area contributed by atoms with Crippen molar-refractivity contribution in [2.45, 2.75) is 44.3 Å². The van der Waals surface area contributed by atoms with Crippen LogP contribution >= 0.6 is 0 Å². The van der Waals surface area contributed by atoms with Gasteiger partial charge in [-0.15, -0.1) is 0 Å². The lowest BCUT2D eigenvalue weighted by Crippen LogP contribution is -2.38. The fourth-order valence-electron chi connectivity index (χ4n) is 3.12. The third-order valence-electron chi connectivity index (χ3n) is 4.14. The van der Waals surface area contributed by atoms with E-state index < -0.39 is 0 Å². The smallest absolute Gasteiger partial charge is 0.318 e. The van der Waals surface area contributed by atoms with Crippen molar-refractivity contribution in [1.82, 2.24) is 10.2 Å². The molecule has 1 aliphatic carbocycles. The van der Waals surface area contributed by atoms with Crippen LogP contribution in [0.15, 0.2) is 24.3 Å². The summed E-state index contributed by atoms with van der Waals surface area (Å²) in [7, 11) is 0. The van der Waals surface area contributed by atoms with Crippen molar-refractivity contribution in [3.8, 4) is 6.07 Å². The minimum Gasteiger partial charge on any atom is -0.333 e. The second kappa shape index (κ2) is 4.93. The predicted octanol–water partition coefficient (Wildman–Crippen LogP) is 2.39. The van der Waals surface area contributed by atoms with Crippen LogP contribution < -0.4 is 5.32 Å². The summed E-state index contributed by atoms with van der Waals surface area (Å²) in [6.07, 6.45) is 4.62. The standard InChI is InChI=1S/C15H17N3O/c16-9-11-5-7-12(8-6-11)10-18-14-4-2-1-3-13(14)17-15(18)19/h5-8,13-14H,1-4,10H2,(H,17,19)/t13-,14-/m0/s1. The molecule has 0 unspecified atom stereocenters. The molecule has 1 aromatic carbocycles. The Balaban J connectivity index is 1.74. The molecule has 98 valence electrons. The van der Waals surface area contributed by atoms with Gasteiger partial charge in [-0.3, -0.25) is 0 Å². The van der Waals surface area contributed by atoms with E-state index in [0.717, 1.165) is 18.4 Å². The van der Waals surface area contributed by atoms with Gasteiger partial charge in [0.1, 0.15) is 0 Å². The van der Waals surface area contributed by atoms with Gasteiger partial charge in [-0.05, 0) is 30.5 Å². The van der Waals surface area contributed by atoms with Crippen LogP contribution in [0.4, 0.5) is 4.79 Å². The summed E-state index contributed by atoms with van der Waals surface area (Å²) >= 11 is 0. The average Bonchev–Trinajstić information content (AvgIpc) is 2.76. The Hall–Kier alpha value is -2.02. The van der Waals surface area contributed by atoms with E-state index in [9.17, 15) is 4.79 Å². The molecule has 0 spiro atoms. The first kappa shape index (κ1) is 12.0. The van der Waals surface area contributed by atoms with E-state index in [1.807, 2.05) is 29.2 Å². The van der Waals surface area contributed by atoms with E-state index in [0.29, 0.717) is 24.2 Å². The number of fused-ring (bicyclic) bond motifs is 1. The van der Waals surface area contributed by atoms with E-state index in [-0.39, 0.29) is 6.03 Å². The largest absolute Gasteiger partial charge is 0.333 e. The molecule has 2 amide bonds. The van der Waals surface area contributed by atoms with E-state index in [1.54, 1.807) is 0 Å². The van der Waals surface area contributed by atoms with E-state index in [4.69, 9.17) is 5.26 Å². The van der Waals surface area contributed by atoms with Crippen LogP contribution in [-0.2, 0) is 6.54 Å². The number of nitrogens with zero attached hydrogens (tertiary/aromatic N) is 2. The fraction of sp³-hybridized carbons (Fsp3) is 0.467. The molecule has 0 radical (unpaired) electrons. The van der Waals surface area contributed by atoms with Crippen molar-refractivity contribution in [2.75, 3.05) is 0 Å². The lowest BCUT2D eigenvalue weighted by molar-refractivity contribution is 0.186. The highest BCUT2D eigenvalue weighted by Crippen LogP contribution is 2.29. The van der Waals surface area contributed by atoms with Gasteiger partial charge in [0.15, 0.2) is 0 Å². The molecule has 2 fully saturated rings. The number of amides is 2. The maximum absolute atomic E-state index is 12.0. The van der Waals surface area contributed by atoms with Crippen molar-refractivity contribution in [1.29, 1.82) is 5.26 Å². The molecule has 1 saturated heterocycles. The Kier molecular flexibility index (Phi) is 3.12. The number of carbonyl (C=O) groups is 1. The van der Waals surface area contributed by atoms with Crippen molar-refractivity contribution < 1.29 is 4.79 Å². The first-order valence-electron chi connectivity index (χ1n) is 6.84. The molecule has 1 aliphatic heterocycles. The molecule has 2 atom stereocenters. The summed E-state index contributed by atoms with van der Waals surface area (Å²) in [5.74, 6) is 0. The molecule has 0 aromatic heterocycles. The summed E-state index contributed by atoms with van der Waals surface area (Å²) in [6, 6.07) is 10.3. The Morgan fingerprint density at radius 3 is 2.74 bits per heavy atom. The Morgan fingerprint density at radius 2 is 2.00 bits per heavy atom. The molecule has 0 bridgehead atoms. The highest BCUT2D eigenvalue weighted by atomic mass is 16.2. The molecule has 3 rings (SSSR count). The van der Waals surface area contributed by atoms with Gasteiger partial charge < -0.3 is 10.2 Å². The van der Waals surface area contributed by atoms with E-state index in [1.165, 1.54) is 12.8 Å². The van der Waals surface area contributed by atoms with Crippen molar-refractivity contribution in [3.05, 3.63) is 35.4 Å². The Labute approximate surface area is 113 Å². The lowest BCUT2D eigenvalue weighted by Gasteiger charge is -2.29. The fourth-order valence-corrected chi connectivity index (χ4v) is 3.12. The molecule has 1 heterocycles. The minimum absolute atomic E-state index is 0.0567. The monoisotopic (exact) mass is 255 g/mol. The maximum atomic E-state index is 12.0. The quantitative estimate of drug-likeness (QED) is 0.882. The summed E-state index contributed by atoms with van der Waals surface area (Å²) in [6.45, 7) is 0.638. The molecule has 1 N–H and O–H groups in total. The molecule has 19 heavy (non-hydrogen) atoms. The number of urea groups is 1. The number of rotatable bonds is 2. The van der Waals surface area contributed by atoms with Gasteiger partial charge in [-0.1, -0.05) is 25.0 Å². The number of hydrogen-bond acceptors (Lipinski definition) is 2. The maximum Gasteiger partial charge on any atom is 0.318 e. The van der Waals surface area contributed by atoms with Crippen molar-refractivity contribution in [3.63, 3.8) is 0 Å². The van der Waals surface area contributed by atoms with Gasteiger partial charge in [-0.2, -0.15) is 5.26 Å². The SMILES string of the molecule is N#Cc1ccc(CN2C(=O)N[C@H]3CCCC[C@@H]32)cc1. The highest BCUT2D eigenvalue weighted by Gasteiger charge is 2.40. The topological polar surface area (TPSA) is 56.1 Å². The Bertz CT molecular complexity index is 517. The number of nitrogens with one attached hydrogen (secondary N) is 1. The number of benzene rings is 1. The van der Waals surface area contributed by atoms with E-state index >= 15 is 0 Å². The molecule has 4 heteroatoms. The van der Waals surface area contributed by atoms with Crippen LogP contribution in [0, 0.1) is 11.3 Å². The predicted molar refractivity (Wildman–Crippen MR) is 71.3 cm³/mol. The zero-order valence-electron chi connectivity index (χ0n) is 10.8. The van der Waals surface area contributed by atoms with Crippen LogP contribution in [0.2, 0.25) is 0 Å². The van der Waals surface area contributed by atoms with Gasteiger partial charge >= 0.3 is 6.03 Å². The number of hydrogen-bond donors (Lipinski definition) is 1. The molecule has 1 saturated carbocycles. The zero-order valence-corrected chi connectivity index (χ0v) is 10.8. The number of nitriles is 1. The summed E-state index contributed by atoms with van der Waals surface area (Å²) in [4.78, 5) is 14.0. The first-order valence-corrected chi connectivity index (χ1v) is 6.84. The zero-order chi connectivity index (χ0) is 13.2. The molecular formula is C15H17N3O. The normalized spacial score (nSPS) is 25.6. The second-order valence-corrected chi connectivity index (χ2v) is 5.34. The third kappa shape index (κ3) is 2.28. The minimum atomic E-state index is 0.0567. The molecular weight excluding hydrogens is 238 g/mol. The first-order chi connectivity index (χ1) is 9.28. The summed E-state index contributed by atoms with van der Waals surface area (Å²) in [5.41, 5.74) is 1.74. The lowest BCUT2D eigenvalue weighted by atomic mass is 9.91. The van der Waals surface area contributed by atoms with Gasteiger partial charge in [-0.25, -0.2) is 4.79 Å². The van der Waals surface area contributed by atoms with Gasteiger partial charge in [0, 0.05) is 6.54 Å². The van der Waals surface area contributed by atoms with Crippen molar-refractivity contribution >= 4 is 6.03 Å². The van der Waals surface area contributed by atoms with Crippen LogP contribution in [0.3, 0.4) is 0 Å². The van der Waals surface area contributed by atoms with Gasteiger partial charge in [0.2, 0.25) is 0 Å². The van der Waals surface area contributed by atoms with E-state index in [2.05, 4.69) is 11.4 Å². The second-order valence-electron chi connectivity index (χ2n) is 5.34. The van der Waals surface area contributed by atoms with Crippen LogP contribution in [0.25, 0.3) is 0 Å². The van der Waals surface area contributed by atoms with Crippen LogP contribution in [0.5, 0.6) is 0 Å². The molecule has 2 aliphatic rings. The van der Waals surface area contributed by atoms with Gasteiger partial charge in [0.05, 0.1) is 23.7 Å². The number of carbonyl (C=O) groups excluding carboxylic acids is 1. The molecule has 4 nitrogen and oxygen atoms in total.